The molecule has 0 atom stereocenters. The van der Waals surface area contributed by atoms with Crippen LogP contribution in [0.15, 0.2) is 164 Å². The molecule has 0 bridgehead atoms. The molecule has 8 rings (SSSR count). The molecule has 4 nitrogen and oxygen atoms in total. The summed E-state index contributed by atoms with van der Waals surface area (Å²) in [5, 5.41) is 12.3. The molecule has 0 aliphatic carbocycles. The first kappa shape index (κ1) is 63.3. The van der Waals surface area contributed by atoms with Crippen molar-refractivity contribution in [2.75, 3.05) is 0 Å². The fourth-order valence-corrected chi connectivity index (χ4v) is 9.47. The molecular formula is C55H31BF24N2O2. The number of hydrogen-bond donors (Lipinski definition) is 0. The van der Waals surface area contributed by atoms with Crippen LogP contribution in [0.5, 0.6) is 0 Å². The Labute approximate surface area is 456 Å². The summed E-state index contributed by atoms with van der Waals surface area (Å²) in [5.41, 5.74) is -25.6. The lowest BCUT2D eigenvalue weighted by Gasteiger charge is -2.46. The predicted molar refractivity (Wildman–Crippen MR) is 256 cm³/mol. The first-order valence-electron chi connectivity index (χ1n) is 23.5. The average Bonchev–Trinajstić information content (AvgIpc) is 1.34. The van der Waals surface area contributed by atoms with Crippen LogP contribution in [0.4, 0.5) is 111 Å². The Bertz CT molecular complexity index is 3290. The molecule has 0 N–H and O–H groups in total. The van der Waals surface area contributed by atoms with Crippen molar-refractivity contribution in [1.82, 2.24) is 0 Å². The molecule has 0 aliphatic heterocycles. The third kappa shape index (κ3) is 14.2. The lowest BCUT2D eigenvalue weighted by Crippen LogP contribution is -2.75. The quantitative estimate of drug-likeness (QED) is 0.0475. The van der Waals surface area contributed by atoms with Crippen LogP contribution in [0.3, 0.4) is 0 Å². The molecule has 84 heavy (non-hydrogen) atoms. The van der Waals surface area contributed by atoms with Crippen LogP contribution in [-0.4, -0.2) is 11.1 Å². The lowest BCUT2D eigenvalue weighted by molar-refractivity contribution is -0.669. The molecule has 8 aromatic rings. The van der Waals surface area contributed by atoms with E-state index in [2.05, 4.69) is 41.0 Å². The standard InChI is InChI=1S/C32H12BF24.C23H19N2O2/c34-25(35,36)13-1-14(26(37,38)39)6-21(5-13)33(22-7-15(27(40,41)42)2-16(8-22)28(43,44)45,23-9-17(29(46,47)48)3-18(10-23)30(49,50)51)24-11-19(31(52,53)54)4-20(12-24)32(55,56)57;26-25(27)22-11-6-9-19(16-22)15-21-14-13-20-10-4-5-12-23(20)24(21)17-18-7-2-1-3-8-18/h1-12H;1-14,16H,15,17H2/q-1;+1. The Kier molecular flexibility index (Phi) is 16.9. The minimum absolute atomic E-state index is 0.128. The molecule has 7 aromatic carbocycles. The summed E-state index contributed by atoms with van der Waals surface area (Å²) in [6.45, 7) is 0.756. The molecule has 0 fully saturated rings. The van der Waals surface area contributed by atoms with Crippen LogP contribution in [0.2, 0.25) is 0 Å². The first-order valence-corrected chi connectivity index (χ1v) is 23.5. The molecule has 0 aliphatic rings. The molecular weight excluding hydrogens is 1190 g/mol. The van der Waals surface area contributed by atoms with Crippen molar-refractivity contribution < 1.29 is 115 Å². The van der Waals surface area contributed by atoms with E-state index in [1.807, 2.05) is 36.4 Å². The van der Waals surface area contributed by atoms with Crippen LogP contribution in [-0.2, 0) is 62.4 Å². The summed E-state index contributed by atoms with van der Waals surface area (Å²) >= 11 is 0. The number of fused-ring (bicyclic) bond motifs is 1. The number of nitrogens with zero attached hydrogens (tertiary/aromatic N) is 2. The molecule has 0 spiro atoms. The second-order valence-electron chi connectivity index (χ2n) is 18.8. The highest BCUT2D eigenvalue weighted by Crippen LogP contribution is 2.42. The predicted octanol–water partition coefficient (Wildman–Crippen LogP) is 15.9. The second-order valence-corrected chi connectivity index (χ2v) is 18.8. The highest BCUT2D eigenvalue weighted by atomic mass is 19.4. The second kappa shape index (κ2) is 22.4. The number of nitro benzene ring substituents is 1. The summed E-state index contributed by atoms with van der Waals surface area (Å²) in [6.07, 6.45) is -54.2. The summed E-state index contributed by atoms with van der Waals surface area (Å²) in [4.78, 5) is 10.7. The van der Waals surface area contributed by atoms with Crippen molar-refractivity contribution in [3.63, 3.8) is 0 Å². The first-order chi connectivity index (χ1) is 38.5. The Hall–Kier alpha value is -8.27. The van der Waals surface area contributed by atoms with Gasteiger partial charge in [-0.3, -0.25) is 10.1 Å². The Balaban J connectivity index is 0.000000309. The van der Waals surface area contributed by atoms with E-state index in [9.17, 15) is 115 Å². The number of halogens is 24. The van der Waals surface area contributed by atoms with Gasteiger partial charge in [-0.25, -0.2) is 0 Å². The van der Waals surface area contributed by atoms with Gasteiger partial charge in [-0.2, -0.15) is 132 Å². The van der Waals surface area contributed by atoms with Crippen molar-refractivity contribution in [2.45, 2.75) is 62.4 Å². The van der Waals surface area contributed by atoms with E-state index in [0.717, 1.165) is 23.3 Å². The molecule has 29 heteroatoms. The number of nitro groups is 1. The minimum Gasteiger partial charge on any atom is -0.258 e. The Morgan fingerprint density at radius 2 is 0.655 bits per heavy atom. The van der Waals surface area contributed by atoms with Crippen LogP contribution < -0.4 is 26.4 Å². The summed E-state index contributed by atoms with van der Waals surface area (Å²) in [5.74, 6) is 0. The van der Waals surface area contributed by atoms with Gasteiger partial charge in [-0.15, -0.1) is 0 Å². The number of pyridine rings is 1. The normalized spacial score (nSPS) is 13.2. The third-order valence-corrected chi connectivity index (χ3v) is 13.2. The van der Waals surface area contributed by atoms with Crippen LogP contribution in [0.25, 0.3) is 10.9 Å². The van der Waals surface area contributed by atoms with E-state index in [4.69, 9.17) is 0 Å². The zero-order valence-electron chi connectivity index (χ0n) is 41.4. The highest BCUT2D eigenvalue weighted by molar-refractivity contribution is 7.20. The molecule has 0 amide bonds. The lowest BCUT2D eigenvalue weighted by atomic mass is 9.12. The summed E-state index contributed by atoms with van der Waals surface area (Å²) in [7, 11) is 0. The van der Waals surface area contributed by atoms with Gasteiger partial charge in [0.2, 0.25) is 5.52 Å². The minimum atomic E-state index is -6.13. The van der Waals surface area contributed by atoms with Gasteiger partial charge >= 0.3 is 49.4 Å². The molecule has 1 heterocycles. The van der Waals surface area contributed by atoms with Crippen LogP contribution >= 0.6 is 0 Å². The number of non-ortho nitro benzene ring substituents is 1. The van der Waals surface area contributed by atoms with Gasteiger partial charge in [-0.05, 0) is 42.0 Å². The fourth-order valence-electron chi connectivity index (χ4n) is 9.47. The Morgan fingerprint density at radius 1 is 0.345 bits per heavy atom. The van der Waals surface area contributed by atoms with E-state index in [1.54, 1.807) is 12.1 Å². The number of hydrogen-bond acceptors (Lipinski definition) is 2. The van der Waals surface area contributed by atoms with Crippen molar-refractivity contribution >= 4 is 44.6 Å². The van der Waals surface area contributed by atoms with Gasteiger partial charge in [-0.1, -0.05) is 103 Å². The number of alkyl halides is 24. The summed E-state index contributed by atoms with van der Waals surface area (Å²) < 4.78 is 343. The summed E-state index contributed by atoms with van der Waals surface area (Å²) in [6, 6.07) is 20.9. The van der Waals surface area contributed by atoms with Gasteiger partial charge in [0.05, 0.1) is 55.9 Å². The fraction of sp³-hybridized carbons (Fsp3) is 0.182. The third-order valence-electron chi connectivity index (χ3n) is 13.2. The average molecular weight is 1220 g/mol. The SMILES string of the molecule is FC(F)(F)c1cc([B-](c2cc(C(F)(F)F)cc(C(F)(F)F)c2)(c2cc(C(F)(F)F)cc(C(F)(F)F)c2)c2cc(C(F)(F)F)cc(C(F)(F)F)c2)cc(C(F)(F)F)c1.O=[N+]([O-])c1cccc(Cc2ccc3ccccc3[n+]2Cc2ccccc2)c1. The smallest absolute Gasteiger partial charge is 0.258 e. The van der Waals surface area contributed by atoms with E-state index in [1.165, 1.54) is 17.0 Å². The molecule has 444 valence electrons. The number of rotatable bonds is 9. The number of para-hydroxylation sites is 1. The zero-order valence-corrected chi connectivity index (χ0v) is 41.4. The largest absolute Gasteiger partial charge is 0.416 e. The molecule has 0 unspecified atom stereocenters. The van der Waals surface area contributed by atoms with Gasteiger partial charge in [0.25, 0.3) is 5.69 Å². The van der Waals surface area contributed by atoms with Gasteiger partial charge in [0, 0.05) is 35.2 Å². The van der Waals surface area contributed by atoms with Crippen molar-refractivity contribution in [1.29, 1.82) is 0 Å². The van der Waals surface area contributed by atoms with Gasteiger partial charge in [0.1, 0.15) is 6.15 Å². The molecule has 0 saturated heterocycles. The topological polar surface area (TPSA) is 47.0 Å². The maximum Gasteiger partial charge on any atom is 0.416 e. The zero-order chi connectivity index (χ0) is 62.6. The highest BCUT2D eigenvalue weighted by Gasteiger charge is 2.47. The monoisotopic (exact) mass is 1220 g/mol. The van der Waals surface area contributed by atoms with E-state index in [-0.39, 0.29) is 10.6 Å². The number of benzene rings is 7. The van der Waals surface area contributed by atoms with Crippen molar-refractivity contribution in [3.8, 4) is 0 Å². The number of aromatic nitrogens is 1. The van der Waals surface area contributed by atoms with Crippen molar-refractivity contribution in [3.05, 3.63) is 235 Å². The maximum atomic E-state index is 14.2. The van der Waals surface area contributed by atoms with Crippen LogP contribution in [0.1, 0.15) is 61.3 Å². The van der Waals surface area contributed by atoms with E-state index < -0.39 is 195 Å². The van der Waals surface area contributed by atoms with Crippen LogP contribution in [0, 0.1) is 10.1 Å². The van der Waals surface area contributed by atoms with Gasteiger partial charge < -0.3 is 0 Å². The Morgan fingerprint density at radius 3 is 0.976 bits per heavy atom. The van der Waals surface area contributed by atoms with E-state index >= 15 is 0 Å². The molecule has 1 aromatic heterocycles. The van der Waals surface area contributed by atoms with E-state index in [0.29, 0.717) is 6.42 Å². The molecule has 0 radical (unpaired) electrons. The van der Waals surface area contributed by atoms with Crippen molar-refractivity contribution in [2.24, 2.45) is 0 Å². The van der Waals surface area contributed by atoms with Gasteiger partial charge in [0.15, 0.2) is 12.2 Å². The maximum absolute atomic E-state index is 14.2. The molecule has 0 saturated carbocycles.